The maximum Gasteiger partial charge on any atom is 0.0820 e. The summed E-state index contributed by atoms with van der Waals surface area (Å²) in [5, 5.41) is 13.5. The van der Waals surface area contributed by atoms with Crippen molar-refractivity contribution in [1.29, 1.82) is 0 Å². The van der Waals surface area contributed by atoms with Gasteiger partial charge in [0.05, 0.1) is 16.8 Å². The number of hydrogen-bond donors (Lipinski definition) is 2. The molecule has 0 aliphatic carbocycles. The predicted molar refractivity (Wildman–Crippen MR) is 67.8 cm³/mol. The molecule has 90 valence electrons. The topological polar surface area (TPSA) is 45.1 Å². The van der Waals surface area contributed by atoms with Crippen LogP contribution in [0, 0.1) is 5.41 Å². The Morgan fingerprint density at radius 1 is 1.50 bits per heavy atom. The SMILES string of the molecule is CC(C)(C)CC(O)CNc1ccncc1Cl. The van der Waals surface area contributed by atoms with Crippen LogP contribution < -0.4 is 5.32 Å². The molecule has 2 N–H and O–H groups in total. The molecule has 0 saturated carbocycles. The second kappa shape index (κ2) is 5.51. The summed E-state index contributed by atoms with van der Waals surface area (Å²) >= 11 is 5.93. The molecular formula is C12H19ClN2O. The molecule has 0 fully saturated rings. The Balaban J connectivity index is 2.43. The molecule has 0 aliphatic rings. The largest absolute Gasteiger partial charge is 0.391 e. The molecule has 0 aromatic carbocycles. The van der Waals surface area contributed by atoms with Crippen molar-refractivity contribution < 1.29 is 5.11 Å². The molecule has 3 nitrogen and oxygen atoms in total. The molecule has 0 bridgehead atoms. The summed E-state index contributed by atoms with van der Waals surface area (Å²) in [6.07, 6.45) is 3.64. The van der Waals surface area contributed by atoms with E-state index < -0.39 is 0 Å². The van der Waals surface area contributed by atoms with Crippen LogP contribution in [0.25, 0.3) is 0 Å². The van der Waals surface area contributed by atoms with E-state index in [0.29, 0.717) is 11.6 Å². The highest BCUT2D eigenvalue weighted by Gasteiger charge is 2.16. The standard InChI is InChI=1S/C12H19ClN2O/c1-12(2,3)6-9(16)7-15-11-4-5-14-8-10(11)13/h4-5,8-9,16H,6-7H2,1-3H3,(H,14,15). The number of aromatic nitrogens is 1. The van der Waals surface area contributed by atoms with Crippen LogP contribution in [0.5, 0.6) is 0 Å². The van der Waals surface area contributed by atoms with Crippen LogP contribution in [-0.4, -0.2) is 22.7 Å². The van der Waals surface area contributed by atoms with Gasteiger partial charge in [-0.2, -0.15) is 0 Å². The average Bonchev–Trinajstić information content (AvgIpc) is 2.14. The lowest BCUT2D eigenvalue weighted by atomic mass is 9.89. The van der Waals surface area contributed by atoms with Crippen molar-refractivity contribution in [2.45, 2.75) is 33.3 Å². The van der Waals surface area contributed by atoms with Crippen molar-refractivity contribution >= 4 is 17.3 Å². The predicted octanol–water partition coefficient (Wildman–Crippen LogP) is 2.94. The molecule has 1 heterocycles. The highest BCUT2D eigenvalue weighted by Crippen LogP contribution is 2.22. The second-order valence-electron chi connectivity index (χ2n) is 5.16. The molecule has 1 aromatic rings. The van der Waals surface area contributed by atoms with Crippen LogP contribution in [0.1, 0.15) is 27.2 Å². The van der Waals surface area contributed by atoms with Gasteiger partial charge < -0.3 is 10.4 Å². The highest BCUT2D eigenvalue weighted by molar-refractivity contribution is 6.33. The number of halogens is 1. The first-order valence-corrected chi connectivity index (χ1v) is 5.78. The first kappa shape index (κ1) is 13.3. The Kier molecular flexibility index (Phi) is 4.56. The van der Waals surface area contributed by atoms with Gasteiger partial charge in [-0.3, -0.25) is 4.98 Å². The minimum Gasteiger partial charge on any atom is -0.391 e. The quantitative estimate of drug-likeness (QED) is 0.853. The Labute approximate surface area is 102 Å². The maximum absolute atomic E-state index is 9.82. The molecule has 0 aliphatic heterocycles. The summed E-state index contributed by atoms with van der Waals surface area (Å²) in [6, 6.07) is 1.80. The summed E-state index contributed by atoms with van der Waals surface area (Å²) in [5.41, 5.74) is 0.938. The van der Waals surface area contributed by atoms with Crippen LogP contribution in [0.15, 0.2) is 18.5 Å². The Morgan fingerprint density at radius 3 is 2.75 bits per heavy atom. The van der Waals surface area contributed by atoms with E-state index in [1.165, 1.54) is 0 Å². The molecule has 16 heavy (non-hydrogen) atoms. The number of hydrogen-bond acceptors (Lipinski definition) is 3. The number of aliphatic hydroxyl groups is 1. The number of rotatable bonds is 4. The van der Waals surface area contributed by atoms with Crippen molar-refractivity contribution in [3.63, 3.8) is 0 Å². The van der Waals surface area contributed by atoms with E-state index in [9.17, 15) is 5.11 Å². The summed E-state index contributed by atoms with van der Waals surface area (Å²) < 4.78 is 0. The Morgan fingerprint density at radius 2 is 2.19 bits per heavy atom. The van der Waals surface area contributed by atoms with Gasteiger partial charge in [0.2, 0.25) is 0 Å². The van der Waals surface area contributed by atoms with E-state index >= 15 is 0 Å². The molecule has 1 rings (SSSR count). The lowest BCUT2D eigenvalue weighted by Gasteiger charge is -2.22. The number of pyridine rings is 1. The van der Waals surface area contributed by atoms with E-state index in [2.05, 4.69) is 31.1 Å². The van der Waals surface area contributed by atoms with Crippen LogP contribution >= 0.6 is 11.6 Å². The van der Waals surface area contributed by atoms with Gasteiger partial charge in [0.15, 0.2) is 0 Å². The zero-order valence-electron chi connectivity index (χ0n) is 10.00. The molecule has 1 aromatic heterocycles. The summed E-state index contributed by atoms with van der Waals surface area (Å²) in [7, 11) is 0. The monoisotopic (exact) mass is 242 g/mol. The Hall–Kier alpha value is -0.800. The molecule has 1 atom stereocenters. The van der Waals surface area contributed by atoms with Gasteiger partial charge in [-0.05, 0) is 17.9 Å². The van der Waals surface area contributed by atoms with Crippen LogP contribution in [0.2, 0.25) is 5.02 Å². The minimum atomic E-state index is -0.371. The van der Waals surface area contributed by atoms with Crippen molar-refractivity contribution in [2.24, 2.45) is 5.41 Å². The number of anilines is 1. The van der Waals surface area contributed by atoms with Crippen LogP contribution in [0.4, 0.5) is 5.69 Å². The van der Waals surface area contributed by atoms with Gasteiger partial charge in [0.25, 0.3) is 0 Å². The fourth-order valence-electron chi connectivity index (χ4n) is 1.53. The van der Waals surface area contributed by atoms with Crippen LogP contribution in [-0.2, 0) is 0 Å². The Bertz CT molecular complexity index is 336. The third-order valence-corrected chi connectivity index (χ3v) is 2.45. The van der Waals surface area contributed by atoms with Crippen molar-refractivity contribution in [2.75, 3.05) is 11.9 Å². The van der Waals surface area contributed by atoms with E-state index in [1.807, 2.05) is 0 Å². The molecule has 0 spiro atoms. The first-order valence-electron chi connectivity index (χ1n) is 5.40. The average molecular weight is 243 g/mol. The van der Waals surface area contributed by atoms with Gasteiger partial charge in [-0.25, -0.2) is 0 Å². The third kappa shape index (κ3) is 4.81. The van der Waals surface area contributed by atoms with E-state index in [-0.39, 0.29) is 11.5 Å². The number of aliphatic hydroxyl groups excluding tert-OH is 1. The third-order valence-electron chi connectivity index (χ3n) is 2.15. The smallest absolute Gasteiger partial charge is 0.0820 e. The summed E-state index contributed by atoms with van der Waals surface area (Å²) in [6.45, 7) is 6.82. The maximum atomic E-state index is 9.82. The molecule has 0 radical (unpaired) electrons. The lowest BCUT2D eigenvalue weighted by molar-refractivity contribution is 0.132. The molecule has 0 saturated heterocycles. The zero-order valence-corrected chi connectivity index (χ0v) is 10.8. The van der Waals surface area contributed by atoms with E-state index in [4.69, 9.17) is 11.6 Å². The summed E-state index contributed by atoms with van der Waals surface area (Å²) in [4.78, 5) is 3.90. The first-order chi connectivity index (χ1) is 7.38. The van der Waals surface area contributed by atoms with Gasteiger partial charge in [0, 0.05) is 18.9 Å². The molecule has 4 heteroatoms. The lowest BCUT2D eigenvalue weighted by Crippen LogP contribution is -2.25. The van der Waals surface area contributed by atoms with Gasteiger partial charge in [-0.1, -0.05) is 32.4 Å². The molecule has 0 amide bonds. The van der Waals surface area contributed by atoms with E-state index in [0.717, 1.165) is 12.1 Å². The van der Waals surface area contributed by atoms with Gasteiger partial charge in [0.1, 0.15) is 0 Å². The van der Waals surface area contributed by atoms with E-state index in [1.54, 1.807) is 18.5 Å². The van der Waals surface area contributed by atoms with Gasteiger partial charge >= 0.3 is 0 Å². The van der Waals surface area contributed by atoms with Crippen molar-refractivity contribution in [3.8, 4) is 0 Å². The zero-order chi connectivity index (χ0) is 12.2. The highest BCUT2D eigenvalue weighted by atomic mass is 35.5. The fraction of sp³-hybridized carbons (Fsp3) is 0.583. The van der Waals surface area contributed by atoms with Crippen LogP contribution in [0.3, 0.4) is 0 Å². The van der Waals surface area contributed by atoms with Crippen molar-refractivity contribution in [1.82, 2.24) is 4.98 Å². The second-order valence-corrected chi connectivity index (χ2v) is 5.56. The molecule has 1 unspecified atom stereocenters. The fourth-order valence-corrected chi connectivity index (χ4v) is 1.71. The normalized spacial score (nSPS) is 13.6. The minimum absolute atomic E-state index is 0.128. The summed E-state index contributed by atoms with van der Waals surface area (Å²) in [5.74, 6) is 0. The number of nitrogens with one attached hydrogen (secondary N) is 1. The number of nitrogens with zero attached hydrogens (tertiary/aromatic N) is 1. The van der Waals surface area contributed by atoms with Crippen molar-refractivity contribution in [3.05, 3.63) is 23.5 Å². The van der Waals surface area contributed by atoms with Gasteiger partial charge in [-0.15, -0.1) is 0 Å². The molecular weight excluding hydrogens is 224 g/mol.